The van der Waals surface area contributed by atoms with Crippen molar-refractivity contribution in [3.8, 4) is 61.3 Å². The van der Waals surface area contributed by atoms with E-state index >= 15 is 0 Å². The molecule has 0 fully saturated rings. The molecule has 0 N–H and O–H groups in total. The van der Waals surface area contributed by atoms with Crippen molar-refractivity contribution in [2.75, 3.05) is 4.90 Å². The maximum absolute atomic E-state index is 2.42. The molecule has 1 heterocycles. The van der Waals surface area contributed by atoms with Gasteiger partial charge in [0.2, 0.25) is 0 Å². The highest BCUT2D eigenvalue weighted by Gasteiger charge is 2.20. The van der Waals surface area contributed by atoms with Gasteiger partial charge in [0.25, 0.3) is 0 Å². The zero-order chi connectivity index (χ0) is 46.4. The Labute approximate surface area is 408 Å². The zero-order valence-electron chi connectivity index (χ0n) is 38.5. The number of fused-ring (bicyclic) bond motifs is 5. The maximum Gasteiger partial charge on any atom is 0.0541 e. The van der Waals surface area contributed by atoms with Crippen LogP contribution in [0.15, 0.2) is 279 Å². The van der Waals surface area contributed by atoms with Gasteiger partial charge in [0.05, 0.1) is 11.0 Å². The molecule has 2 heteroatoms. The first-order valence-corrected chi connectivity index (χ1v) is 24.1. The molecule has 12 aromatic carbocycles. The van der Waals surface area contributed by atoms with Crippen molar-refractivity contribution < 1.29 is 0 Å². The SMILES string of the molecule is c1ccc(-c2ccc(-c3c4ccccc4c(-c4cccc(N(c5ccccc5)c5ccc(-n6c7ccc(-c8ccccc8)cc7c7cc(-c8ccccc8)ccc76)cc5)c4)c4ccccc34)cc2)cc1. The summed E-state index contributed by atoms with van der Waals surface area (Å²) in [4.78, 5) is 2.38. The average Bonchev–Trinajstić information content (AvgIpc) is 3.77. The van der Waals surface area contributed by atoms with Gasteiger partial charge in [0, 0.05) is 33.5 Å². The fourth-order valence-corrected chi connectivity index (χ4v) is 10.7. The number of nitrogens with zero attached hydrogens (tertiary/aromatic N) is 2. The highest BCUT2D eigenvalue weighted by molar-refractivity contribution is 6.21. The highest BCUT2D eigenvalue weighted by Crippen LogP contribution is 2.46. The van der Waals surface area contributed by atoms with Crippen LogP contribution in [0.3, 0.4) is 0 Å². The fraction of sp³-hybridized carbons (Fsp3) is 0. The van der Waals surface area contributed by atoms with Crippen molar-refractivity contribution in [1.29, 1.82) is 0 Å². The minimum Gasteiger partial charge on any atom is -0.310 e. The largest absolute Gasteiger partial charge is 0.310 e. The van der Waals surface area contributed by atoms with Gasteiger partial charge in [0.1, 0.15) is 0 Å². The van der Waals surface area contributed by atoms with Gasteiger partial charge in [0.15, 0.2) is 0 Å². The van der Waals surface area contributed by atoms with Gasteiger partial charge in [-0.05, 0) is 150 Å². The number of aromatic nitrogens is 1. The molecule has 13 rings (SSSR count). The lowest BCUT2D eigenvalue weighted by Gasteiger charge is -2.26. The molecule has 0 atom stereocenters. The molecule has 0 amide bonds. The second-order valence-corrected chi connectivity index (χ2v) is 18.1. The number of hydrogen-bond donors (Lipinski definition) is 0. The van der Waals surface area contributed by atoms with Gasteiger partial charge in [-0.2, -0.15) is 0 Å². The Morgan fingerprint density at radius 2 is 0.571 bits per heavy atom. The van der Waals surface area contributed by atoms with Crippen molar-refractivity contribution >= 4 is 60.4 Å². The van der Waals surface area contributed by atoms with E-state index in [4.69, 9.17) is 0 Å². The molecule has 0 bridgehead atoms. The van der Waals surface area contributed by atoms with Crippen LogP contribution in [0.5, 0.6) is 0 Å². The first-order valence-electron chi connectivity index (χ1n) is 24.1. The monoisotopic (exact) mass is 890 g/mol. The third-order valence-corrected chi connectivity index (χ3v) is 14.0. The molecule has 0 spiro atoms. The third-order valence-electron chi connectivity index (χ3n) is 14.0. The average molecular weight is 891 g/mol. The molecule has 0 saturated carbocycles. The van der Waals surface area contributed by atoms with E-state index in [1.165, 1.54) is 99.0 Å². The Bertz CT molecular complexity index is 3850. The van der Waals surface area contributed by atoms with Crippen LogP contribution in [0, 0.1) is 0 Å². The molecule has 0 aliphatic carbocycles. The first kappa shape index (κ1) is 41.0. The van der Waals surface area contributed by atoms with Crippen LogP contribution in [-0.2, 0) is 0 Å². The smallest absolute Gasteiger partial charge is 0.0541 e. The number of rotatable bonds is 9. The van der Waals surface area contributed by atoms with Gasteiger partial charge in [-0.3, -0.25) is 0 Å². The molecule has 0 aliphatic heterocycles. The maximum atomic E-state index is 2.42. The summed E-state index contributed by atoms with van der Waals surface area (Å²) in [7, 11) is 0. The molecular formula is C68H46N2. The standard InChI is InChI=1S/C68H46N2/c1-5-18-47(19-6-1)50-32-34-51(35-33-50)67-59-28-13-15-30-61(59)68(62-31-16-14-29-60(62)67)54-24-17-27-58(44-54)69(55-25-11-4-12-26-55)56-38-40-57(41-39-56)70-65-42-36-52(48-20-7-2-8-21-48)45-63(65)64-46-53(37-43-66(64)70)49-22-9-3-10-23-49/h1-46H. The van der Waals surface area contributed by atoms with E-state index < -0.39 is 0 Å². The van der Waals surface area contributed by atoms with Crippen LogP contribution >= 0.6 is 0 Å². The van der Waals surface area contributed by atoms with Gasteiger partial charge >= 0.3 is 0 Å². The van der Waals surface area contributed by atoms with Crippen molar-refractivity contribution in [3.05, 3.63) is 279 Å². The van der Waals surface area contributed by atoms with Crippen molar-refractivity contribution in [1.82, 2.24) is 4.57 Å². The molecule has 328 valence electrons. The van der Waals surface area contributed by atoms with E-state index in [0.29, 0.717) is 0 Å². The second kappa shape index (κ2) is 17.4. The van der Waals surface area contributed by atoms with E-state index in [1.54, 1.807) is 0 Å². The van der Waals surface area contributed by atoms with Crippen molar-refractivity contribution in [3.63, 3.8) is 0 Å². The van der Waals surface area contributed by atoms with Gasteiger partial charge in [-0.25, -0.2) is 0 Å². The quantitative estimate of drug-likeness (QED) is 0.131. The van der Waals surface area contributed by atoms with E-state index in [0.717, 1.165) is 22.7 Å². The Morgan fingerprint density at radius 3 is 1.07 bits per heavy atom. The van der Waals surface area contributed by atoms with E-state index in [2.05, 4.69) is 289 Å². The lowest BCUT2D eigenvalue weighted by Crippen LogP contribution is -2.10. The molecule has 2 nitrogen and oxygen atoms in total. The summed E-state index contributed by atoms with van der Waals surface area (Å²) < 4.78 is 2.42. The van der Waals surface area contributed by atoms with Crippen molar-refractivity contribution in [2.45, 2.75) is 0 Å². The molecule has 0 aliphatic rings. The highest BCUT2D eigenvalue weighted by atomic mass is 15.1. The first-order chi connectivity index (χ1) is 34.7. The van der Waals surface area contributed by atoms with Crippen LogP contribution < -0.4 is 4.90 Å². The normalized spacial score (nSPS) is 11.4. The molecule has 1 aromatic heterocycles. The summed E-state index contributed by atoms with van der Waals surface area (Å²) in [5, 5.41) is 7.40. The summed E-state index contributed by atoms with van der Waals surface area (Å²) in [6.45, 7) is 0. The number of benzene rings is 12. The van der Waals surface area contributed by atoms with Crippen LogP contribution in [0.2, 0.25) is 0 Å². The lowest BCUT2D eigenvalue weighted by atomic mass is 9.85. The summed E-state index contributed by atoms with van der Waals surface area (Å²) in [5.74, 6) is 0. The minimum absolute atomic E-state index is 1.08. The van der Waals surface area contributed by atoms with Crippen LogP contribution in [0.1, 0.15) is 0 Å². The molecule has 0 unspecified atom stereocenters. The Hall–Kier alpha value is -9.24. The molecule has 0 radical (unpaired) electrons. The minimum atomic E-state index is 1.08. The van der Waals surface area contributed by atoms with Crippen LogP contribution in [-0.4, -0.2) is 4.57 Å². The van der Waals surface area contributed by atoms with E-state index in [1.807, 2.05) is 0 Å². The molecule has 13 aromatic rings. The fourth-order valence-electron chi connectivity index (χ4n) is 10.7. The summed E-state index contributed by atoms with van der Waals surface area (Å²) in [6, 6.07) is 102. The topological polar surface area (TPSA) is 8.17 Å². The Morgan fingerprint density at radius 1 is 0.214 bits per heavy atom. The Kier molecular flexibility index (Phi) is 10.2. The van der Waals surface area contributed by atoms with E-state index in [9.17, 15) is 0 Å². The summed E-state index contributed by atoms with van der Waals surface area (Å²) >= 11 is 0. The number of hydrogen-bond acceptors (Lipinski definition) is 1. The predicted molar refractivity (Wildman–Crippen MR) is 298 cm³/mol. The molecular weight excluding hydrogens is 845 g/mol. The van der Waals surface area contributed by atoms with E-state index in [-0.39, 0.29) is 0 Å². The summed E-state index contributed by atoms with van der Waals surface area (Å²) in [6.07, 6.45) is 0. The lowest BCUT2D eigenvalue weighted by molar-refractivity contribution is 1.17. The molecule has 0 saturated heterocycles. The van der Waals surface area contributed by atoms with Gasteiger partial charge < -0.3 is 9.47 Å². The second-order valence-electron chi connectivity index (χ2n) is 18.1. The van der Waals surface area contributed by atoms with Crippen LogP contribution in [0.25, 0.3) is 105 Å². The van der Waals surface area contributed by atoms with Gasteiger partial charge in [-0.15, -0.1) is 0 Å². The Balaban J connectivity index is 0.928. The third kappa shape index (κ3) is 7.22. The van der Waals surface area contributed by atoms with Gasteiger partial charge in [-0.1, -0.05) is 206 Å². The van der Waals surface area contributed by atoms with Crippen LogP contribution in [0.4, 0.5) is 17.1 Å². The predicted octanol–water partition coefficient (Wildman–Crippen LogP) is 18.9. The summed E-state index contributed by atoms with van der Waals surface area (Å²) in [5.41, 5.74) is 18.9. The van der Waals surface area contributed by atoms with Crippen molar-refractivity contribution in [2.24, 2.45) is 0 Å². The number of para-hydroxylation sites is 1. The zero-order valence-corrected chi connectivity index (χ0v) is 38.5. The number of anilines is 3. The molecule has 70 heavy (non-hydrogen) atoms.